The molecule has 0 bridgehead atoms. The van der Waals surface area contributed by atoms with Crippen LogP contribution >= 0.6 is 0 Å². The fraction of sp³-hybridized carbons (Fsp3) is 0.900. The van der Waals surface area contributed by atoms with E-state index >= 15 is 0 Å². The highest BCUT2D eigenvalue weighted by Crippen LogP contribution is 2.05. The molecule has 0 aliphatic rings. The van der Waals surface area contributed by atoms with Crippen molar-refractivity contribution in [3.8, 4) is 0 Å². The number of nitrogens with two attached hydrogens (primary N) is 1. The molecule has 0 aromatic rings. The highest BCUT2D eigenvalue weighted by atomic mass is 16.2. The fourth-order valence-corrected chi connectivity index (χ4v) is 1.21. The Labute approximate surface area is 81.3 Å². The second-order valence-electron chi connectivity index (χ2n) is 4.27. The van der Waals surface area contributed by atoms with Crippen molar-refractivity contribution in [2.45, 2.75) is 46.7 Å². The highest BCUT2D eigenvalue weighted by molar-refractivity contribution is 5.81. The molecule has 0 radical (unpaired) electrons. The predicted octanol–water partition coefficient (Wildman–Crippen LogP) is 1.23. The van der Waals surface area contributed by atoms with Gasteiger partial charge < -0.3 is 10.6 Å². The Kier molecular flexibility index (Phi) is 4.99. The van der Waals surface area contributed by atoms with Gasteiger partial charge in [-0.25, -0.2) is 0 Å². The van der Waals surface area contributed by atoms with Gasteiger partial charge in [-0.3, -0.25) is 4.79 Å². The van der Waals surface area contributed by atoms with Crippen LogP contribution in [0.25, 0.3) is 0 Å². The molecule has 0 saturated carbocycles. The van der Waals surface area contributed by atoms with Crippen LogP contribution in [0.2, 0.25) is 0 Å². The molecule has 0 spiro atoms. The smallest absolute Gasteiger partial charge is 0.239 e. The summed E-state index contributed by atoms with van der Waals surface area (Å²) < 4.78 is 0. The summed E-state index contributed by atoms with van der Waals surface area (Å²) in [7, 11) is 0. The molecule has 0 rings (SSSR count). The van der Waals surface area contributed by atoms with Crippen LogP contribution < -0.4 is 5.73 Å². The molecule has 0 aliphatic carbocycles. The van der Waals surface area contributed by atoms with Crippen molar-refractivity contribution >= 4 is 5.91 Å². The van der Waals surface area contributed by atoms with Gasteiger partial charge in [0.15, 0.2) is 0 Å². The SMILES string of the molecule is CC(C)CN(C(=O)C(C)N)C(C)C. The third-order valence-electron chi connectivity index (χ3n) is 1.86. The first-order valence-corrected chi connectivity index (χ1v) is 4.92. The van der Waals surface area contributed by atoms with Gasteiger partial charge in [-0.15, -0.1) is 0 Å². The number of nitrogens with zero attached hydrogens (tertiary/aromatic N) is 1. The molecular weight excluding hydrogens is 164 g/mol. The topological polar surface area (TPSA) is 46.3 Å². The zero-order valence-corrected chi connectivity index (χ0v) is 9.37. The lowest BCUT2D eigenvalue weighted by atomic mass is 10.1. The molecule has 0 saturated heterocycles. The Morgan fingerprint density at radius 1 is 1.23 bits per heavy atom. The lowest BCUT2D eigenvalue weighted by molar-refractivity contribution is -0.134. The minimum atomic E-state index is -0.388. The quantitative estimate of drug-likeness (QED) is 0.717. The first kappa shape index (κ1) is 12.4. The largest absolute Gasteiger partial charge is 0.339 e. The number of carbonyl (C=O) groups is 1. The number of hydrogen-bond acceptors (Lipinski definition) is 2. The van der Waals surface area contributed by atoms with Crippen LogP contribution in [0.5, 0.6) is 0 Å². The summed E-state index contributed by atoms with van der Waals surface area (Å²) in [6.45, 7) is 10.8. The Bertz CT molecular complexity index is 164. The van der Waals surface area contributed by atoms with Gasteiger partial charge in [0.25, 0.3) is 0 Å². The molecule has 1 atom stereocenters. The van der Waals surface area contributed by atoms with Crippen LogP contribution in [0.1, 0.15) is 34.6 Å². The van der Waals surface area contributed by atoms with Crippen LogP contribution in [-0.2, 0) is 4.79 Å². The zero-order valence-electron chi connectivity index (χ0n) is 9.37. The van der Waals surface area contributed by atoms with Crippen molar-refractivity contribution in [2.24, 2.45) is 11.7 Å². The Morgan fingerprint density at radius 2 is 1.69 bits per heavy atom. The van der Waals surface area contributed by atoms with Crippen LogP contribution in [0.3, 0.4) is 0 Å². The van der Waals surface area contributed by atoms with Crippen molar-refractivity contribution in [1.29, 1.82) is 0 Å². The zero-order chi connectivity index (χ0) is 10.6. The van der Waals surface area contributed by atoms with E-state index in [0.717, 1.165) is 6.54 Å². The van der Waals surface area contributed by atoms with Gasteiger partial charge in [-0.2, -0.15) is 0 Å². The number of rotatable bonds is 4. The van der Waals surface area contributed by atoms with E-state index < -0.39 is 0 Å². The summed E-state index contributed by atoms with van der Waals surface area (Å²) in [5.74, 6) is 0.536. The van der Waals surface area contributed by atoms with E-state index in [4.69, 9.17) is 5.73 Å². The molecule has 0 aliphatic heterocycles. The van der Waals surface area contributed by atoms with E-state index in [9.17, 15) is 4.79 Å². The maximum atomic E-state index is 11.6. The number of carbonyl (C=O) groups excluding carboxylic acids is 1. The third-order valence-corrected chi connectivity index (χ3v) is 1.86. The van der Waals surface area contributed by atoms with Crippen molar-refractivity contribution in [2.75, 3.05) is 6.54 Å². The Balaban J connectivity index is 4.33. The standard InChI is InChI=1S/C10H22N2O/c1-7(2)6-12(8(3)4)10(13)9(5)11/h7-9H,6,11H2,1-5H3. The third kappa shape index (κ3) is 4.27. The molecule has 0 aromatic heterocycles. The van der Waals surface area contributed by atoms with Crippen molar-refractivity contribution in [3.05, 3.63) is 0 Å². The molecule has 3 nitrogen and oxygen atoms in total. The summed E-state index contributed by atoms with van der Waals surface area (Å²) in [4.78, 5) is 13.5. The maximum absolute atomic E-state index is 11.6. The lowest BCUT2D eigenvalue weighted by Crippen LogP contribution is -2.47. The van der Waals surface area contributed by atoms with E-state index in [0.29, 0.717) is 5.92 Å². The van der Waals surface area contributed by atoms with Crippen LogP contribution in [0, 0.1) is 5.92 Å². The molecule has 1 amide bonds. The molecule has 78 valence electrons. The van der Waals surface area contributed by atoms with Crippen LogP contribution in [0.4, 0.5) is 0 Å². The van der Waals surface area contributed by atoms with Gasteiger partial charge >= 0.3 is 0 Å². The molecule has 3 heteroatoms. The second-order valence-corrected chi connectivity index (χ2v) is 4.27. The first-order valence-electron chi connectivity index (χ1n) is 4.92. The Hall–Kier alpha value is -0.570. The predicted molar refractivity (Wildman–Crippen MR) is 55.3 cm³/mol. The minimum absolute atomic E-state index is 0.0451. The van der Waals surface area contributed by atoms with E-state index in [-0.39, 0.29) is 18.0 Å². The van der Waals surface area contributed by atoms with Gasteiger partial charge in [0, 0.05) is 12.6 Å². The molecule has 0 heterocycles. The van der Waals surface area contributed by atoms with Gasteiger partial charge in [0.05, 0.1) is 6.04 Å². The average molecular weight is 186 g/mol. The average Bonchev–Trinajstić information content (AvgIpc) is 1.97. The minimum Gasteiger partial charge on any atom is -0.339 e. The van der Waals surface area contributed by atoms with E-state index in [1.807, 2.05) is 18.7 Å². The van der Waals surface area contributed by atoms with Crippen molar-refractivity contribution in [3.63, 3.8) is 0 Å². The lowest BCUT2D eigenvalue weighted by Gasteiger charge is -2.29. The number of hydrogen-bond donors (Lipinski definition) is 1. The highest BCUT2D eigenvalue weighted by Gasteiger charge is 2.20. The van der Waals surface area contributed by atoms with Crippen LogP contribution in [-0.4, -0.2) is 29.4 Å². The summed E-state index contributed by atoms with van der Waals surface area (Å²) in [5, 5.41) is 0. The normalized spacial score (nSPS) is 13.5. The van der Waals surface area contributed by atoms with Gasteiger partial charge in [0.1, 0.15) is 0 Å². The monoisotopic (exact) mass is 186 g/mol. The summed E-state index contributed by atoms with van der Waals surface area (Å²) in [5.41, 5.74) is 5.56. The fourth-order valence-electron chi connectivity index (χ4n) is 1.21. The number of amides is 1. The van der Waals surface area contributed by atoms with Crippen molar-refractivity contribution in [1.82, 2.24) is 4.90 Å². The van der Waals surface area contributed by atoms with Crippen LogP contribution in [0.15, 0.2) is 0 Å². The molecule has 1 unspecified atom stereocenters. The second kappa shape index (κ2) is 5.22. The Morgan fingerprint density at radius 3 is 1.92 bits per heavy atom. The molecular formula is C10H22N2O. The molecule has 13 heavy (non-hydrogen) atoms. The maximum Gasteiger partial charge on any atom is 0.239 e. The van der Waals surface area contributed by atoms with Gasteiger partial charge in [-0.05, 0) is 26.7 Å². The van der Waals surface area contributed by atoms with Gasteiger partial charge in [0.2, 0.25) is 5.91 Å². The summed E-state index contributed by atoms with van der Waals surface area (Å²) in [6.07, 6.45) is 0. The molecule has 0 aromatic carbocycles. The van der Waals surface area contributed by atoms with E-state index in [2.05, 4.69) is 13.8 Å². The van der Waals surface area contributed by atoms with Gasteiger partial charge in [-0.1, -0.05) is 13.8 Å². The summed E-state index contributed by atoms with van der Waals surface area (Å²) in [6, 6.07) is -0.151. The first-order chi connectivity index (χ1) is 5.86. The summed E-state index contributed by atoms with van der Waals surface area (Å²) >= 11 is 0. The van der Waals surface area contributed by atoms with E-state index in [1.165, 1.54) is 0 Å². The molecule has 0 fully saturated rings. The van der Waals surface area contributed by atoms with E-state index in [1.54, 1.807) is 6.92 Å². The van der Waals surface area contributed by atoms with Crippen molar-refractivity contribution < 1.29 is 4.79 Å². The molecule has 2 N–H and O–H groups in total.